The number of hydrazine groups is 1. The summed E-state index contributed by atoms with van der Waals surface area (Å²) in [7, 11) is 0. The minimum atomic E-state index is -4.05. The number of halogens is 3. The van der Waals surface area contributed by atoms with Crippen LogP contribution in [0.15, 0.2) is 0 Å². The van der Waals surface area contributed by atoms with Gasteiger partial charge in [-0.3, -0.25) is 11.3 Å². The lowest BCUT2D eigenvalue weighted by Crippen LogP contribution is -2.59. The monoisotopic (exact) mass is 304 g/mol. The zero-order valence-corrected chi connectivity index (χ0v) is 12.8. The molecule has 0 saturated heterocycles. The number of nitrogens with two attached hydrogens (primary N) is 1. The van der Waals surface area contributed by atoms with Gasteiger partial charge in [0.25, 0.3) is 0 Å². The average Bonchev–Trinajstić information content (AvgIpc) is 2.29. The third-order valence-electron chi connectivity index (χ3n) is 6.29. The average molecular weight is 304 g/mol. The Balaban J connectivity index is 1.68. The molecule has 0 aromatic carbocycles. The van der Waals surface area contributed by atoms with Gasteiger partial charge in [-0.2, -0.15) is 13.2 Å². The summed E-state index contributed by atoms with van der Waals surface area (Å²) in [5.41, 5.74) is 3.45. The van der Waals surface area contributed by atoms with Crippen LogP contribution in [0.2, 0.25) is 0 Å². The van der Waals surface area contributed by atoms with Gasteiger partial charge in [-0.25, -0.2) is 0 Å². The van der Waals surface area contributed by atoms with Crippen molar-refractivity contribution in [1.82, 2.24) is 5.43 Å². The zero-order valence-electron chi connectivity index (χ0n) is 12.8. The predicted octanol–water partition coefficient (Wildman–Crippen LogP) is 4.16. The molecule has 0 aromatic rings. The van der Waals surface area contributed by atoms with Gasteiger partial charge < -0.3 is 0 Å². The molecule has 5 heteroatoms. The van der Waals surface area contributed by atoms with Gasteiger partial charge >= 0.3 is 6.18 Å². The van der Waals surface area contributed by atoms with E-state index in [0.29, 0.717) is 11.8 Å². The molecule has 4 bridgehead atoms. The highest BCUT2D eigenvalue weighted by molar-refractivity contribution is 5.09. The van der Waals surface area contributed by atoms with Gasteiger partial charge in [0.1, 0.15) is 0 Å². The van der Waals surface area contributed by atoms with Crippen molar-refractivity contribution in [2.45, 2.75) is 76.9 Å². The maximum absolute atomic E-state index is 12.4. The van der Waals surface area contributed by atoms with Gasteiger partial charge in [-0.1, -0.05) is 6.92 Å². The van der Waals surface area contributed by atoms with E-state index in [4.69, 9.17) is 5.84 Å². The summed E-state index contributed by atoms with van der Waals surface area (Å²) >= 11 is 0. The standard InChI is InChI=1S/C16H27F3N2/c1-14-6-11-5-12(7-14)9-15(8-11,10-14)13(21-20)3-2-4-16(17,18)19/h11-13,21H,2-10,20H2,1H3. The number of nitrogens with one attached hydrogen (secondary N) is 1. The largest absolute Gasteiger partial charge is 0.389 e. The van der Waals surface area contributed by atoms with Crippen LogP contribution in [-0.4, -0.2) is 12.2 Å². The third-order valence-corrected chi connectivity index (χ3v) is 6.29. The van der Waals surface area contributed by atoms with Crippen molar-refractivity contribution >= 4 is 0 Å². The highest BCUT2D eigenvalue weighted by atomic mass is 19.4. The molecule has 3 N–H and O–H groups in total. The fourth-order valence-electron chi connectivity index (χ4n) is 6.28. The molecule has 4 rings (SSSR count). The molecule has 0 heterocycles. The van der Waals surface area contributed by atoms with E-state index in [9.17, 15) is 13.2 Å². The van der Waals surface area contributed by atoms with E-state index < -0.39 is 12.6 Å². The topological polar surface area (TPSA) is 38.0 Å². The molecule has 4 aliphatic carbocycles. The first-order valence-electron chi connectivity index (χ1n) is 8.27. The van der Waals surface area contributed by atoms with E-state index >= 15 is 0 Å². The van der Waals surface area contributed by atoms with E-state index in [-0.39, 0.29) is 17.9 Å². The van der Waals surface area contributed by atoms with Crippen molar-refractivity contribution in [1.29, 1.82) is 0 Å². The van der Waals surface area contributed by atoms with E-state index in [1.165, 1.54) is 32.1 Å². The summed E-state index contributed by atoms with van der Waals surface area (Å²) < 4.78 is 37.1. The summed E-state index contributed by atoms with van der Waals surface area (Å²) in [6, 6.07) is 0.0464. The normalized spacial score (nSPS) is 43.3. The summed E-state index contributed by atoms with van der Waals surface area (Å²) in [5, 5.41) is 0. The third kappa shape index (κ3) is 3.09. The molecule has 122 valence electrons. The second-order valence-electron chi connectivity index (χ2n) is 8.36. The molecular formula is C16H27F3N2. The van der Waals surface area contributed by atoms with Crippen molar-refractivity contribution in [2.24, 2.45) is 28.5 Å². The molecule has 0 aromatic heterocycles. The molecule has 4 fully saturated rings. The van der Waals surface area contributed by atoms with E-state index in [2.05, 4.69) is 12.3 Å². The second kappa shape index (κ2) is 5.12. The van der Waals surface area contributed by atoms with Crippen LogP contribution in [0.5, 0.6) is 0 Å². The smallest absolute Gasteiger partial charge is 0.271 e. The first-order valence-corrected chi connectivity index (χ1v) is 8.27. The predicted molar refractivity (Wildman–Crippen MR) is 76.2 cm³/mol. The summed E-state index contributed by atoms with van der Waals surface area (Å²) in [4.78, 5) is 0. The van der Waals surface area contributed by atoms with Crippen molar-refractivity contribution in [3.05, 3.63) is 0 Å². The first-order chi connectivity index (χ1) is 9.74. The molecule has 0 radical (unpaired) electrons. The minimum Gasteiger partial charge on any atom is -0.271 e. The van der Waals surface area contributed by atoms with E-state index in [1.807, 2.05) is 0 Å². The van der Waals surface area contributed by atoms with Gasteiger partial charge in [0, 0.05) is 12.5 Å². The van der Waals surface area contributed by atoms with Crippen LogP contribution in [0.4, 0.5) is 13.2 Å². The number of rotatable bonds is 5. The molecule has 0 aliphatic heterocycles. The Morgan fingerprint density at radius 2 is 1.81 bits per heavy atom. The summed E-state index contributed by atoms with van der Waals surface area (Å²) in [6.45, 7) is 2.38. The summed E-state index contributed by atoms with van der Waals surface area (Å²) in [6.07, 6.45) is 3.43. The molecule has 2 nitrogen and oxygen atoms in total. The number of alkyl halides is 3. The Bertz CT molecular complexity index is 379. The van der Waals surface area contributed by atoms with Crippen molar-refractivity contribution in [2.75, 3.05) is 0 Å². The van der Waals surface area contributed by atoms with Crippen LogP contribution in [0.25, 0.3) is 0 Å². The van der Waals surface area contributed by atoms with Gasteiger partial charge in [0.2, 0.25) is 0 Å². The second-order valence-corrected chi connectivity index (χ2v) is 8.36. The maximum Gasteiger partial charge on any atom is 0.389 e. The molecule has 3 atom stereocenters. The van der Waals surface area contributed by atoms with Crippen LogP contribution in [0, 0.1) is 22.7 Å². The first kappa shape index (κ1) is 15.6. The van der Waals surface area contributed by atoms with Crippen molar-refractivity contribution in [3.8, 4) is 0 Å². The van der Waals surface area contributed by atoms with Crippen LogP contribution >= 0.6 is 0 Å². The zero-order chi connectivity index (χ0) is 15.3. The lowest BCUT2D eigenvalue weighted by Gasteiger charge is -2.63. The van der Waals surface area contributed by atoms with Crippen LogP contribution in [0.3, 0.4) is 0 Å². The fourth-order valence-corrected chi connectivity index (χ4v) is 6.28. The molecule has 3 unspecified atom stereocenters. The minimum absolute atomic E-state index is 0.0464. The molecule has 0 amide bonds. The lowest BCUT2D eigenvalue weighted by atomic mass is 9.43. The number of hydrogen-bond acceptors (Lipinski definition) is 2. The SMILES string of the molecule is CC12CC3CC(C1)CC(C(CCCC(F)(F)F)NN)(C3)C2. The van der Waals surface area contributed by atoms with Gasteiger partial charge in [-0.05, 0) is 74.0 Å². The molecule has 21 heavy (non-hydrogen) atoms. The van der Waals surface area contributed by atoms with E-state index in [0.717, 1.165) is 18.3 Å². The van der Waals surface area contributed by atoms with E-state index in [1.54, 1.807) is 0 Å². The Morgan fingerprint density at radius 3 is 2.29 bits per heavy atom. The Morgan fingerprint density at radius 1 is 1.19 bits per heavy atom. The van der Waals surface area contributed by atoms with Gasteiger partial charge in [0.15, 0.2) is 0 Å². The Kier molecular flexibility index (Phi) is 3.80. The van der Waals surface area contributed by atoms with Gasteiger partial charge in [-0.15, -0.1) is 0 Å². The Labute approximate surface area is 125 Å². The fraction of sp³-hybridized carbons (Fsp3) is 1.00. The molecule has 4 saturated carbocycles. The van der Waals surface area contributed by atoms with Crippen LogP contribution < -0.4 is 11.3 Å². The van der Waals surface area contributed by atoms with Crippen molar-refractivity contribution < 1.29 is 13.2 Å². The highest BCUT2D eigenvalue weighted by Crippen LogP contribution is 2.66. The van der Waals surface area contributed by atoms with Crippen LogP contribution in [-0.2, 0) is 0 Å². The van der Waals surface area contributed by atoms with Crippen molar-refractivity contribution in [3.63, 3.8) is 0 Å². The Hall–Kier alpha value is -0.290. The lowest BCUT2D eigenvalue weighted by molar-refractivity contribution is -0.140. The summed E-state index contributed by atoms with van der Waals surface area (Å²) in [5.74, 6) is 7.30. The van der Waals surface area contributed by atoms with Gasteiger partial charge in [0.05, 0.1) is 0 Å². The molecule has 0 spiro atoms. The molecule has 4 aliphatic rings. The highest BCUT2D eigenvalue weighted by Gasteiger charge is 2.58. The van der Waals surface area contributed by atoms with Crippen LogP contribution in [0.1, 0.15) is 64.7 Å². The number of hydrogen-bond donors (Lipinski definition) is 2. The molecular weight excluding hydrogens is 277 g/mol. The maximum atomic E-state index is 12.4. The quantitative estimate of drug-likeness (QED) is 0.591.